The highest BCUT2D eigenvalue weighted by Crippen LogP contribution is 2.34. The van der Waals surface area contributed by atoms with Gasteiger partial charge in [0.15, 0.2) is 0 Å². The number of fused-ring (bicyclic) bond motifs is 4. The SMILES string of the molecule is Cc1cn2c(n1)CCC(C(=O)N1C3CCC1CN(C(=O)c1cnc4c(=O)[nH]ccc4c1)C3)C2. The number of carbonyl (C=O) groups is 2. The zero-order chi connectivity index (χ0) is 22.7. The number of aryl methyl sites for hydroxylation is 2. The number of nitrogens with zero attached hydrogens (tertiary/aromatic N) is 5. The van der Waals surface area contributed by atoms with E-state index in [1.54, 1.807) is 18.3 Å². The minimum atomic E-state index is -0.266. The number of hydrogen-bond donors (Lipinski definition) is 1. The van der Waals surface area contributed by atoms with E-state index in [-0.39, 0.29) is 35.4 Å². The minimum Gasteiger partial charge on any atom is -0.334 e. The first-order chi connectivity index (χ1) is 16.0. The van der Waals surface area contributed by atoms with Crippen LogP contribution in [0, 0.1) is 12.8 Å². The lowest BCUT2D eigenvalue weighted by Gasteiger charge is -2.43. The molecule has 3 aromatic heterocycles. The highest BCUT2D eigenvalue weighted by Gasteiger charge is 2.45. The van der Waals surface area contributed by atoms with Crippen molar-refractivity contribution in [2.24, 2.45) is 5.92 Å². The molecule has 2 saturated heterocycles. The van der Waals surface area contributed by atoms with Gasteiger partial charge in [0.2, 0.25) is 5.91 Å². The van der Waals surface area contributed by atoms with E-state index in [2.05, 4.69) is 24.4 Å². The van der Waals surface area contributed by atoms with Crippen molar-refractivity contribution >= 4 is 22.7 Å². The summed E-state index contributed by atoms with van der Waals surface area (Å²) in [5.41, 5.74) is 1.53. The molecular weight excluding hydrogens is 420 g/mol. The van der Waals surface area contributed by atoms with Gasteiger partial charge in [0, 0.05) is 62.1 Å². The maximum atomic E-state index is 13.5. The van der Waals surface area contributed by atoms with E-state index in [9.17, 15) is 14.4 Å². The first-order valence-electron chi connectivity index (χ1n) is 11.6. The fourth-order valence-corrected chi connectivity index (χ4v) is 5.80. The van der Waals surface area contributed by atoms with Crippen molar-refractivity contribution in [3.8, 4) is 0 Å². The largest absolute Gasteiger partial charge is 0.334 e. The summed E-state index contributed by atoms with van der Waals surface area (Å²) in [7, 11) is 0. The Hall–Kier alpha value is -3.49. The Morgan fingerprint density at radius 1 is 1.12 bits per heavy atom. The lowest BCUT2D eigenvalue weighted by molar-refractivity contribution is -0.142. The number of nitrogens with one attached hydrogen (secondary N) is 1. The van der Waals surface area contributed by atoms with E-state index in [4.69, 9.17) is 0 Å². The van der Waals surface area contributed by atoms with Gasteiger partial charge < -0.3 is 19.4 Å². The molecule has 2 fully saturated rings. The second kappa shape index (κ2) is 7.54. The molecule has 9 heteroatoms. The van der Waals surface area contributed by atoms with Crippen LogP contribution in [0.15, 0.2) is 35.5 Å². The zero-order valence-electron chi connectivity index (χ0n) is 18.5. The third-order valence-electron chi connectivity index (χ3n) is 7.34. The summed E-state index contributed by atoms with van der Waals surface area (Å²) >= 11 is 0. The maximum absolute atomic E-state index is 13.5. The number of carbonyl (C=O) groups excluding carboxylic acids is 2. The van der Waals surface area contributed by atoms with E-state index >= 15 is 0 Å². The molecule has 0 aliphatic carbocycles. The van der Waals surface area contributed by atoms with Crippen LogP contribution < -0.4 is 5.56 Å². The Morgan fingerprint density at radius 3 is 2.70 bits per heavy atom. The molecule has 2 amide bonds. The van der Waals surface area contributed by atoms with E-state index < -0.39 is 0 Å². The maximum Gasteiger partial charge on any atom is 0.274 e. The van der Waals surface area contributed by atoms with Crippen molar-refractivity contribution in [2.45, 2.75) is 51.2 Å². The predicted molar refractivity (Wildman–Crippen MR) is 121 cm³/mol. The van der Waals surface area contributed by atoms with Gasteiger partial charge >= 0.3 is 0 Å². The molecule has 3 atom stereocenters. The van der Waals surface area contributed by atoms with Crippen molar-refractivity contribution in [1.29, 1.82) is 0 Å². The van der Waals surface area contributed by atoms with Crippen LogP contribution in [0.5, 0.6) is 0 Å². The van der Waals surface area contributed by atoms with Crippen LogP contribution in [0.4, 0.5) is 0 Å². The summed E-state index contributed by atoms with van der Waals surface area (Å²) in [6.45, 7) is 3.75. The molecule has 3 unspecified atom stereocenters. The number of aromatic amines is 1. The first kappa shape index (κ1) is 20.1. The third kappa shape index (κ3) is 3.34. The van der Waals surface area contributed by atoms with Crippen LogP contribution in [0.2, 0.25) is 0 Å². The van der Waals surface area contributed by atoms with Crippen molar-refractivity contribution in [3.63, 3.8) is 0 Å². The van der Waals surface area contributed by atoms with E-state index in [0.29, 0.717) is 36.1 Å². The quantitative estimate of drug-likeness (QED) is 0.643. The van der Waals surface area contributed by atoms with Crippen molar-refractivity contribution in [3.05, 3.63) is 58.2 Å². The molecule has 2 bridgehead atoms. The van der Waals surface area contributed by atoms with Gasteiger partial charge in [-0.3, -0.25) is 14.4 Å². The molecule has 0 aromatic carbocycles. The molecule has 0 saturated carbocycles. The van der Waals surface area contributed by atoms with Gasteiger partial charge in [-0.2, -0.15) is 0 Å². The smallest absolute Gasteiger partial charge is 0.274 e. The fraction of sp³-hybridized carbons (Fsp3) is 0.458. The molecule has 6 heterocycles. The summed E-state index contributed by atoms with van der Waals surface area (Å²) in [5.74, 6) is 1.17. The summed E-state index contributed by atoms with van der Waals surface area (Å²) in [4.78, 5) is 53.9. The fourth-order valence-electron chi connectivity index (χ4n) is 5.80. The van der Waals surface area contributed by atoms with Crippen molar-refractivity contribution < 1.29 is 9.59 Å². The van der Waals surface area contributed by atoms with Gasteiger partial charge in [-0.1, -0.05) is 0 Å². The Labute approximate surface area is 190 Å². The summed E-state index contributed by atoms with van der Waals surface area (Å²) in [5, 5.41) is 0.646. The highest BCUT2D eigenvalue weighted by molar-refractivity contribution is 5.97. The van der Waals surface area contributed by atoms with Crippen LogP contribution in [-0.4, -0.2) is 66.3 Å². The molecule has 1 N–H and O–H groups in total. The number of piperazine rings is 1. The molecule has 6 rings (SSSR count). The van der Waals surface area contributed by atoms with Crippen LogP contribution >= 0.6 is 0 Å². The second-order valence-electron chi connectivity index (χ2n) is 9.50. The number of H-pyrrole nitrogens is 1. The van der Waals surface area contributed by atoms with Gasteiger partial charge in [0.25, 0.3) is 11.5 Å². The molecule has 0 spiro atoms. The summed E-state index contributed by atoms with van der Waals surface area (Å²) in [6.07, 6.45) is 8.58. The second-order valence-corrected chi connectivity index (χ2v) is 9.50. The van der Waals surface area contributed by atoms with Gasteiger partial charge in [0.05, 0.1) is 17.2 Å². The topological polar surface area (TPSA) is 104 Å². The number of aromatic nitrogens is 4. The number of hydrogen-bond acceptors (Lipinski definition) is 5. The van der Waals surface area contributed by atoms with Gasteiger partial charge in [-0.05, 0) is 38.3 Å². The van der Waals surface area contributed by atoms with Crippen molar-refractivity contribution in [1.82, 2.24) is 29.3 Å². The summed E-state index contributed by atoms with van der Waals surface area (Å²) < 4.78 is 2.13. The van der Waals surface area contributed by atoms with Gasteiger partial charge in [0.1, 0.15) is 11.3 Å². The lowest BCUT2D eigenvalue weighted by atomic mass is 9.96. The zero-order valence-corrected chi connectivity index (χ0v) is 18.5. The van der Waals surface area contributed by atoms with Gasteiger partial charge in [-0.25, -0.2) is 9.97 Å². The summed E-state index contributed by atoms with van der Waals surface area (Å²) in [6, 6.07) is 3.59. The standard InChI is InChI=1S/C24H26N6O3/c1-14-10-28-11-16(2-5-20(28)27-14)24(33)30-18-3-4-19(30)13-29(12-18)23(32)17-8-15-6-7-25-22(31)21(15)26-9-17/h6-10,16,18-19H,2-5,11-13H2,1H3,(H,25,31). The molecular formula is C24H26N6O3. The molecule has 3 aliphatic rings. The Kier molecular flexibility index (Phi) is 4.60. The number of amides is 2. The van der Waals surface area contributed by atoms with E-state index in [1.165, 1.54) is 6.20 Å². The predicted octanol–water partition coefficient (Wildman–Crippen LogP) is 1.51. The Morgan fingerprint density at radius 2 is 1.91 bits per heavy atom. The monoisotopic (exact) mass is 446 g/mol. The average Bonchev–Trinajstić information content (AvgIpc) is 3.32. The lowest BCUT2D eigenvalue weighted by Crippen LogP contribution is -2.58. The molecule has 3 aromatic rings. The first-order valence-corrected chi connectivity index (χ1v) is 11.6. The third-order valence-corrected chi connectivity index (χ3v) is 7.34. The normalized spacial score (nSPS) is 24.2. The molecule has 3 aliphatic heterocycles. The van der Waals surface area contributed by atoms with Gasteiger partial charge in [-0.15, -0.1) is 0 Å². The highest BCUT2D eigenvalue weighted by atomic mass is 16.2. The number of imidazole rings is 1. The number of pyridine rings is 2. The van der Waals surface area contributed by atoms with Crippen LogP contribution in [0.25, 0.3) is 10.9 Å². The number of likely N-dealkylation sites (tertiary alicyclic amines) is 1. The molecule has 0 radical (unpaired) electrons. The van der Waals surface area contributed by atoms with Crippen LogP contribution in [0.1, 0.15) is 41.1 Å². The number of rotatable bonds is 2. The average molecular weight is 447 g/mol. The molecule has 170 valence electrons. The minimum absolute atomic E-state index is 0.0285. The van der Waals surface area contributed by atoms with Crippen LogP contribution in [0.3, 0.4) is 0 Å². The Balaban J connectivity index is 1.18. The van der Waals surface area contributed by atoms with E-state index in [1.807, 2.05) is 18.0 Å². The van der Waals surface area contributed by atoms with E-state index in [0.717, 1.165) is 37.2 Å². The Bertz CT molecular complexity index is 1310. The molecule has 33 heavy (non-hydrogen) atoms. The molecule has 9 nitrogen and oxygen atoms in total. The van der Waals surface area contributed by atoms with Crippen molar-refractivity contribution in [2.75, 3.05) is 13.1 Å². The van der Waals surface area contributed by atoms with Crippen LogP contribution in [-0.2, 0) is 17.8 Å².